The molecule has 106 valence electrons. The highest BCUT2D eigenvalue weighted by molar-refractivity contribution is 5.34. The summed E-state index contributed by atoms with van der Waals surface area (Å²) in [5, 5.41) is 3.43. The van der Waals surface area contributed by atoms with Gasteiger partial charge in [-0.25, -0.2) is 9.97 Å². The minimum absolute atomic E-state index is 0.189. The van der Waals surface area contributed by atoms with Crippen molar-refractivity contribution in [3.8, 4) is 0 Å². The van der Waals surface area contributed by atoms with Gasteiger partial charge in [-0.3, -0.25) is 0 Å². The van der Waals surface area contributed by atoms with Crippen molar-refractivity contribution in [2.24, 2.45) is 11.3 Å². The molecule has 1 aromatic rings. The van der Waals surface area contributed by atoms with Gasteiger partial charge < -0.3 is 10.1 Å². The van der Waals surface area contributed by atoms with Gasteiger partial charge in [0.25, 0.3) is 0 Å². The monoisotopic (exact) mass is 263 g/mol. The van der Waals surface area contributed by atoms with E-state index in [1.807, 2.05) is 13.0 Å². The van der Waals surface area contributed by atoms with Crippen LogP contribution in [0.15, 0.2) is 12.4 Å². The van der Waals surface area contributed by atoms with E-state index in [9.17, 15) is 0 Å². The number of aryl methyl sites for hydroxylation is 1. The number of aromatic nitrogens is 2. The van der Waals surface area contributed by atoms with E-state index in [1.165, 1.54) is 6.42 Å². The smallest absolute Gasteiger partial charge is 0.129 e. The van der Waals surface area contributed by atoms with Crippen molar-refractivity contribution in [1.29, 1.82) is 0 Å². The summed E-state index contributed by atoms with van der Waals surface area (Å²) in [5.74, 6) is 1.45. The zero-order chi connectivity index (χ0) is 13.9. The molecule has 2 unspecified atom stereocenters. The van der Waals surface area contributed by atoms with E-state index in [2.05, 4.69) is 36.1 Å². The quantitative estimate of drug-likeness (QED) is 0.910. The van der Waals surface area contributed by atoms with Crippen molar-refractivity contribution in [3.63, 3.8) is 0 Å². The second kappa shape index (κ2) is 5.87. The molecule has 1 N–H and O–H groups in total. The Kier molecular flexibility index (Phi) is 4.40. The van der Waals surface area contributed by atoms with E-state index in [0.29, 0.717) is 12.0 Å². The number of hydrogen-bond donors (Lipinski definition) is 1. The third-order valence-electron chi connectivity index (χ3n) is 3.65. The van der Waals surface area contributed by atoms with E-state index in [-0.39, 0.29) is 5.41 Å². The SMILES string of the molecule is Cc1cc(NCC2CCCOC2C(C)(C)C)ncn1. The highest BCUT2D eigenvalue weighted by atomic mass is 16.5. The molecule has 0 amide bonds. The van der Waals surface area contributed by atoms with Crippen LogP contribution < -0.4 is 5.32 Å². The van der Waals surface area contributed by atoms with E-state index < -0.39 is 0 Å². The molecule has 0 radical (unpaired) electrons. The molecule has 0 saturated carbocycles. The maximum atomic E-state index is 5.99. The molecular formula is C15H25N3O. The Morgan fingerprint density at radius 2 is 2.16 bits per heavy atom. The maximum Gasteiger partial charge on any atom is 0.129 e. The van der Waals surface area contributed by atoms with Gasteiger partial charge in [0.2, 0.25) is 0 Å². The van der Waals surface area contributed by atoms with Crippen LogP contribution in [0.2, 0.25) is 0 Å². The van der Waals surface area contributed by atoms with Crippen molar-refractivity contribution in [2.45, 2.75) is 46.6 Å². The van der Waals surface area contributed by atoms with Gasteiger partial charge in [0, 0.05) is 30.8 Å². The number of hydrogen-bond acceptors (Lipinski definition) is 4. The standard InChI is InChI=1S/C15H25N3O/c1-11-8-13(18-10-17-11)16-9-12-6-5-7-19-14(12)15(2,3)4/h8,10,12,14H,5-7,9H2,1-4H3,(H,16,17,18). The Morgan fingerprint density at radius 1 is 1.37 bits per heavy atom. The summed E-state index contributed by atoms with van der Waals surface area (Å²) in [5.41, 5.74) is 1.18. The summed E-state index contributed by atoms with van der Waals surface area (Å²) >= 11 is 0. The van der Waals surface area contributed by atoms with E-state index in [1.54, 1.807) is 6.33 Å². The lowest BCUT2D eigenvalue weighted by Gasteiger charge is -2.40. The first kappa shape index (κ1) is 14.3. The average molecular weight is 263 g/mol. The van der Waals surface area contributed by atoms with Gasteiger partial charge in [-0.2, -0.15) is 0 Å². The first-order valence-electron chi connectivity index (χ1n) is 7.11. The lowest BCUT2D eigenvalue weighted by Crippen LogP contribution is -2.42. The minimum Gasteiger partial charge on any atom is -0.377 e. The Hall–Kier alpha value is -1.16. The van der Waals surface area contributed by atoms with Crippen LogP contribution in [0.4, 0.5) is 5.82 Å². The Labute approximate surface area is 116 Å². The molecule has 1 aromatic heterocycles. The van der Waals surface area contributed by atoms with Gasteiger partial charge in [-0.1, -0.05) is 20.8 Å². The van der Waals surface area contributed by atoms with Gasteiger partial charge in [0.15, 0.2) is 0 Å². The molecule has 1 aliphatic heterocycles. The summed E-state index contributed by atoms with van der Waals surface area (Å²) in [7, 11) is 0. The molecule has 0 spiro atoms. The fraction of sp³-hybridized carbons (Fsp3) is 0.733. The van der Waals surface area contributed by atoms with Crippen LogP contribution in [0.3, 0.4) is 0 Å². The van der Waals surface area contributed by atoms with Crippen LogP contribution in [0.1, 0.15) is 39.3 Å². The predicted molar refractivity (Wildman–Crippen MR) is 77.2 cm³/mol. The van der Waals surface area contributed by atoms with Crippen molar-refractivity contribution in [3.05, 3.63) is 18.1 Å². The van der Waals surface area contributed by atoms with Crippen LogP contribution in [0.5, 0.6) is 0 Å². The van der Waals surface area contributed by atoms with Crippen LogP contribution in [-0.4, -0.2) is 29.2 Å². The molecular weight excluding hydrogens is 238 g/mol. The summed E-state index contributed by atoms with van der Waals surface area (Å²) in [6.07, 6.45) is 4.30. The fourth-order valence-electron chi connectivity index (χ4n) is 2.80. The van der Waals surface area contributed by atoms with Gasteiger partial charge in [-0.05, 0) is 25.2 Å². The normalized spacial score (nSPS) is 24.2. The number of nitrogens with zero attached hydrogens (tertiary/aromatic N) is 2. The Bertz CT molecular complexity index is 414. The van der Waals surface area contributed by atoms with Crippen molar-refractivity contribution < 1.29 is 4.74 Å². The molecule has 0 bridgehead atoms. The molecule has 2 heterocycles. The van der Waals surface area contributed by atoms with E-state index in [0.717, 1.165) is 31.1 Å². The molecule has 4 heteroatoms. The highest BCUT2D eigenvalue weighted by Crippen LogP contribution is 2.34. The van der Waals surface area contributed by atoms with Crippen molar-refractivity contribution in [1.82, 2.24) is 9.97 Å². The van der Waals surface area contributed by atoms with E-state index >= 15 is 0 Å². The molecule has 4 nitrogen and oxygen atoms in total. The van der Waals surface area contributed by atoms with Gasteiger partial charge in [-0.15, -0.1) is 0 Å². The maximum absolute atomic E-state index is 5.99. The number of anilines is 1. The first-order chi connectivity index (χ1) is 8.97. The lowest BCUT2D eigenvalue weighted by atomic mass is 9.78. The molecule has 0 aromatic carbocycles. The van der Waals surface area contributed by atoms with E-state index in [4.69, 9.17) is 4.74 Å². The van der Waals surface area contributed by atoms with Gasteiger partial charge in [0.1, 0.15) is 12.1 Å². The zero-order valence-electron chi connectivity index (χ0n) is 12.4. The van der Waals surface area contributed by atoms with Gasteiger partial charge in [0.05, 0.1) is 6.10 Å². The zero-order valence-corrected chi connectivity index (χ0v) is 12.4. The fourth-order valence-corrected chi connectivity index (χ4v) is 2.80. The third-order valence-corrected chi connectivity index (χ3v) is 3.65. The van der Waals surface area contributed by atoms with Crippen LogP contribution in [0.25, 0.3) is 0 Å². The number of ether oxygens (including phenoxy) is 1. The van der Waals surface area contributed by atoms with Gasteiger partial charge >= 0.3 is 0 Å². The summed E-state index contributed by atoms with van der Waals surface area (Å²) in [6, 6.07) is 1.98. The van der Waals surface area contributed by atoms with Crippen molar-refractivity contribution in [2.75, 3.05) is 18.5 Å². The molecule has 1 aliphatic rings. The molecule has 1 fully saturated rings. The summed E-state index contributed by atoms with van der Waals surface area (Å²) in [6.45, 7) is 10.6. The lowest BCUT2D eigenvalue weighted by molar-refractivity contribution is -0.0814. The molecule has 2 rings (SSSR count). The first-order valence-corrected chi connectivity index (χ1v) is 7.11. The average Bonchev–Trinajstić information content (AvgIpc) is 2.36. The Balaban J connectivity index is 1.97. The molecule has 0 aliphatic carbocycles. The molecule has 2 atom stereocenters. The minimum atomic E-state index is 0.189. The van der Waals surface area contributed by atoms with Crippen LogP contribution in [-0.2, 0) is 4.74 Å². The second-order valence-corrected chi connectivity index (χ2v) is 6.49. The second-order valence-electron chi connectivity index (χ2n) is 6.49. The van der Waals surface area contributed by atoms with Crippen LogP contribution in [0, 0.1) is 18.3 Å². The highest BCUT2D eigenvalue weighted by Gasteiger charge is 2.35. The molecule has 19 heavy (non-hydrogen) atoms. The summed E-state index contributed by atoms with van der Waals surface area (Å²) < 4.78 is 5.99. The largest absolute Gasteiger partial charge is 0.377 e. The third kappa shape index (κ3) is 3.90. The van der Waals surface area contributed by atoms with Crippen LogP contribution >= 0.6 is 0 Å². The molecule has 1 saturated heterocycles. The Morgan fingerprint density at radius 3 is 2.84 bits per heavy atom. The number of rotatable bonds is 3. The number of nitrogens with one attached hydrogen (secondary N) is 1. The summed E-state index contributed by atoms with van der Waals surface area (Å²) in [4.78, 5) is 8.36. The predicted octanol–water partition coefficient (Wildman–Crippen LogP) is 3.04. The van der Waals surface area contributed by atoms with Crippen molar-refractivity contribution >= 4 is 5.82 Å². The topological polar surface area (TPSA) is 47.0 Å².